The highest BCUT2D eigenvalue weighted by molar-refractivity contribution is 6.06. The third-order valence-corrected chi connectivity index (χ3v) is 8.43. The minimum atomic E-state index is -0.642. The van der Waals surface area contributed by atoms with Crippen LogP contribution in [-0.2, 0) is 27.3 Å². The lowest BCUT2D eigenvalue weighted by molar-refractivity contribution is -0.136. The van der Waals surface area contributed by atoms with E-state index in [0.29, 0.717) is 18.5 Å². The van der Waals surface area contributed by atoms with Crippen molar-refractivity contribution in [2.45, 2.75) is 102 Å². The molecule has 1 atom stereocenters. The molecule has 1 aliphatic carbocycles. The van der Waals surface area contributed by atoms with Crippen LogP contribution in [0.2, 0.25) is 0 Å². The van der Waals surface area contributed by atoms with Crippen molar-refractivity contribution in [1.82, 2.24) is 15.5 Å². The maximum absolute atomic E-state index is 13.5. The Balaban J connectivity index is 1.33. The lowest BCUT2D eigenvalue weighted by Gasteiger charge is -2.39. The first-order valence-electron chi connectivity index (χ1n) is 15.2. The number of anilines is 1. The first kappa shape index (κ1) is 29.6. The summed E-state index contributed by atoms with van der Waals surface area (Å²) in [6.45, 7) is 6.76. The van der Waals surface area contributed by atoms with Gasteiger partial charge in [0.1, 0.15) is 11.6 Å². The van der Waals surface area contributed by atoms with Crippen LogP contribution in [0.25, 0.3) is 0 Å². The molecule has 2 aliphatic heterocycles. The summed E-state index contributed by atoms with van der Waals surface area (Å²) in [7, 11) is 0. The third-order valence-electron chi connectivity index (χ3n) is 8.43. The van der Waals surface area contributed by atoms with Crippen LogP contribution in [0.4, 0.5) is 10.5 Å². The molecule has 1 unspecified atom stereocenters. The SMILES string of the molecule is CC(C)(C)OC(=O)NC1CCC(N(CCCc2ccccc2)c2cccc3c2CN(C2CCC(=O)NC2=O)C3=O)CC1. The molecule has 9 nitrogen and oxygen atoms in total. The molecule has 4 amide bonds. The predicted molar refractivity (Wildman–Crippen MR) is 160 cm³/mol. The first-order chi connectivity index (χ1) is 20.1. The topological polar surface area (TPSA) is 108 Å². The highest BCUT2D eigenvalue weighted by Gasteiger charge is 2.41. The summed E-state index contributed by atoms with van der Waals surface area (Å²) in [5, 5.41) is 5.44. The number of nitrogens with zero attached hydrogens (tertiary/aromatic N) is 2. The number of piperidine rings is 1. The van der Waals surface area contributed by atoms with Gasteiger partial charge in [0.2, 0.25) is 11.8 Å². The van der Waals surface area contributed by atoms with Crippen LogP contribution in [0.15, 0.2) is 48.5 Å². The second-order valence-electron chi connectivity index (χ2n) is 12.6. The second kappa shape index (κ2) is 12.5. The summed E-state index contributed by atoms with van der Waals surface area (Å²) in [5.74, 6) is -0.845. The van der Waals surface area contributed by atoms with Crippen molar-refractivity contribution in [3.05, 3.63) is 65.2 Å². The molecule has 2 N–H and O–H groups in total. The summed E-state index contributed by atoms with van der Waals surface area (Å²) in [5.41, 5.74) is 3.36. The van der Waals surface area contributed by atoms with E-state index in [2.05, 4.69) is 45.9 Å². The molecule has 1 saturated heterocycles. The van der Waals surface area contributed by atoms with Gasteiger partial charge < -0.3 is 19.9 Å². The standard InChI is InChI=1S/C33H42N4O5/c1-33(2,3)42-32(41)34-23-14-16-24(17-15-23)36(20-8-11-22-9-5-4-6-10-22)27-13-7-12-25-26(27)21-37(31(25)40)28-18-19-29(38)35-30(28)39/h4-7,9-10,12-13,23-24,28H,8,11,14-21H2,1-3H3,(H,34,41)(H,35,38,39). The van der Waals surface area contributed by atoms with Gasteiger partial charge >= 0.3 is 6.09 Å². The van der Waals surface area contributed by atoms with Gasteiger partial charge in [-0.1, -0.05) is 36.4 Å². The highest BCUT2D eigenvalue weighted by atomic mass is 16.6. The lowest BCUT2D eigenvalue weighted by Crippen LogP contribution is -2.52. The van der Waals surface area contributed by atoms with Crippen molar-refractivity contribution in [2.24, 2.45) is 0 Å². The van der Waals surface area contributed by atoms with E-state index in [4.69, 9.17) is 4.74 Å². The number of carbonyl (C=O) groups is 4. The Labute approximate surface area is 248 Å². The molecule has 3 aliphatic rings. The van der Waals surface area contributed by atoms with E-state index in [1.54, 1.807) is 4.90 Å². The molecule has 0 radical (unpaired) electrons. The Morgan fingerprint density at radius 2 is 1.74 bits per heavy atom. The van der Waals surface area contributed by atoms with E-state index in [-0.39, 0.29) is 36.4 Å². The molecule has 0 spiro atoms. The molecule has 2 aromatic rings. The Morgan fingerprint density at radius 1 is 1.00 bits per heavy atom. The number of alkyl carbamates (subject to hydrolysis) is 1. The van der Waals surface area contributed by atoms with E-state index in [0.717, 1.165) is 56.3 Å². The zero-order valence-corrected chi connectivity index (χ0v) is 24.9. The molecular weight excluding hydrogens is 532 g/mol. The fraction of sp³-hybridized carbons (Fsp3) is 0.515. The number of fused-ring (bicyclic) bond motifs is 1. The Hall–Kier alpha value is -3.88. The van der Waals surface area contributed by atoms with Gasteiger partial charge in [-0.3, -0.25) is 19.7 Å². The Kier molecular flexibility index (Phi) is 8.85. The van der Waals surface area contributed by atoms with Gasteiger partial charge in [-0.2, -0.15) is 0 Å². The molecule has 2 heterocycles. The van der Waals surface area contributed by atoms with Crippen LogP contribution < -0.4 is 15.5 Å². The average Bonchev–Trinajstić information content (AvgIpc) is 3.27. The number of hydrogen-bond donors (Lipinski definition) is 2. The third kappa shape index (κ3) is 6.94. The van der Waals surface area contributed by atoms with E-state index in [1.165, 1.54) is 5.56 Å². The molecule has 224 valence electrons. The van der Waals surface area contributed by atoms with Crippen LogP contribution >= 0.6 is 0 Å². The summed E-state index contributed by atoms with van der Waals surface area (Å²) >= 11 is 0. The van der Waals surface area contributed by atoms with Gasteiger partial charge in [0.25, 0.3) is 5.91 Å². The molecule has 2 fully saturated rings. The van der Waals surface area contributed by atoms with Crippen molar-refractivity contribution < 1.29 is 23.9 Å². The van der Waals surface area contributed by atoms with Gasteiger partial charge in [-0.15, -0.1) is 0 Å². The number of rotatable bonds is 8. The quantitative estimate of drug-likeness (QED) is 0.442. The fourth-order valence-corrected chi connectivity index (χ4v) is 6.44. The molecular formula is C33H42N4O5. The van der Waals surface area contributed by atoms with Crippen LogP contribution in [0, 0.1) is 0 Å². The van der Waals surface area contributed by atoms with Crippen LogP contribution in [-0.4, -0.2) is 59.0 Å². The summed E-state index contributed by atoms with van der Waals surface area (Å²) in [6, 6.07) is 16.0. The van der Waals surface area contributed by atoms with E-state index >= 15 is 0 Å². The zero-order valence-electron chi connectivity index (χ0n) is 24.9. The van der Waals surface area contributed by atoms with Gasteiger partial charge in [0.15, 0.2) is 0 Å². The average molecular weight is 575 g/mol. The molecule has 9 heteroatoms. The summed E-state index contributed by atoms with van der Waals surface area (Å²) in [6.07, 6.45) is 5.59. The predicted octanol–water partition coefficient (Wildman–Crippen LogP) is 4.72. The maximum Gasteiger partial charge on any atom is 0.407 e. The summed E-state index contributed by atoms with van der Waals surface area (Å²) < 4.78 is 5.47. The van der Waals surface area contributed by atoms with Gasteiger partial charge in [-0.25, -0.2) is 4.79 Å². The minimum absolute atomic E-state index is 0.0633. The van der Waals surface area contributed by atoms with Crippen LogP contribution in [0.3, 0.4) is 0 Å². The second-order valence-corrected chi connectivity index (χ2v) is 12.6. The normalized spacial score (nSPS) is 22.4. The van der Waals surface area contributed by atoms with Gasteiger partial charge in [0.05, 0.1) is 0 Å². The monoisotopic (exact) mass is 574 g/mol. The van der Waals surface area contributed by atoms with E-state index in [9.17, 15) is 19.2 Å². The number of aryl methyl sites for hydroxylation is 1. The Bertz CT molecular complexity index is 1310. The molecule has 5 rings (SSSR count). The number of imide groups is 1. The largest absolute Gasteiger partial charge is 0.444 e. The number of amides is 4. The van der Waals surface area contributed by atoms with E-state index < -0.39 is 17.6 Å². The molecule has 1 saturated carbocycles. The molecule has 42 heavy (non-hydrogen) atoms. The number of nitrogens with one attached hydrogen (secondary N) is 2. The van der Waals surface area contributed by atoms with Crippen LogP contribution in [0.1, 0.15) is 87.2 Å². The molecule has 0 bridgehead atoms. The number of ether oxygens (including phenoxy) is 1. The van der Waals surface area contributed by atoms with Gasteiger partial charge in [0, 0.05) is 48.4 Å². The van der Waals surface area contributed by atoms with Crippen molar-refractivity contribution in [3.63, 3.8) is 0 Å². The van der Waals surface area contributed by atoms with Crippen molar-refractivity contribution in [1.29, 1.82) is 0 Å². The first-order valence-corrected chi connectivity index (χ1v) is 15.2. The number of carbonyl (C=O) groups excluding carboxylic acids is 4. The maximum atomic E-state index is 13.5. The highest BCUT2D eigenvalue weighted by Crippen LogP contribution is 2.37. The number of benzene rings is 2. The summed E-state index contributed by atoms with van der Waals surface area (Å²) in [4.78, 5) is 54.3. The molecule has 2 aromatic carbocycles. The lowest BCUT2D eigenvalue weighted by atomic mass is 9.89. The van der Waals surface area contributed by atoms with Crippen molar-refractivity contribution >= 4 is 29.5 Å². The minimum Gasteiger partial charge on any atom is -0.444 e. The number of hydrogen-bond acceptors (Lipinski definition) is 6. The smallest absolute Gasteiger partial charge is 0.407 e. The van der Waals surface area contributed by atoms with E-state index in [1.807, 2.05) is 39.0 Å². The fourth-order valence-electron chi connectivity index (χ4n) is 6.44. The zero-order chi connectivity index (χ0) is 29.9. The van der Waals surface area contributed by atoms with Crippen molar-refractivity contribution in [2.75, 3.05) is 11.4 Å². The van der Waals surface area contributed by atoms with Crippen molar-refractivity contribution in [3.8, 4) is 0 Å². The van der Waals surface area contributed by atoms with Crippen LogP contribution in [0.5, 0.6) is 0 Å². The molecule has 0 aromatic heterocycles. The Morgan fingerprint density at radius 3 is 2.43 bits per heavy atom. The van der Waals surface area contributed by atoms with Gasteiger partial charge in [-0.05, 0) is 83.4 Å².